The second-order valence-corrected chi connectivity index (χ2v) is 9.10. The van der Waals surface area contributed by atoms with E-state index in [9.17, 15) is 15.0 Å². The Kier molecular flexibility index (Phi) is 2.93. The van der Waals surface area contributed by atoms with Crippen LogP contribution >= 0.6 is 0 Å². The van der Waals surface area contributed by atoms with Gasteiger partial charge < -0.3 is 19.8 Å². The van der Waals surface area contributed by atoms with Crippen molar-refractivity contribution in [3.63, 3.8) is 0 Å². The first-order valence-corrected chi connectivity index (χ1v) is 9.49. The van der Waals surface area contributed by atoms with Crippen molar-refractivity contribution in [1.29, 1.82) is 0 Å². The van der Waals surface area contributed by atoms with Gasteiger partial charge >= 0.3 is 0 Å². The summed E-state index contributed by atoms with van der Waals surface area (Å²) in [6.07, 6.45) is 5.50. The molecule has 5 aliphatic rings. The van der Waals surface area contributed by atoms with E-state index in [1.165, 1.54) is 12.5 Å². The van der Waals surface area contributed by atoms with Crippen LogP contribution in [0.5, 0.6) is 0 Å². The van der Waals surface area contributed by atoms with Gasteiger partial charge in [0, 0.05) is 23.5 Å². The van der Waals surface area contributed by atoms with Crippen LogP contribution in [-0.4, -0.2) is 57.8 Å². The molecule has 5 nitrogen and oxygen atoms in total. The molecule has 6 atom stereocenters. The zero-order valence-electron chi connectivity index (χ0n) is 15.2. The molecule has 5 rings (SSSR count). The largest absolute Gasteiger partial charge is 0.487 e. The SMILES string of the molecule is CC(=O)C1(O)CC=C2C[C@@H]3[C@@H]4CC[C@](C)(O)[C@@H]5OC1=C2[C@@]54CCN3C. The van der Waals surface area contributed by atoms with E-state index in [0.717, 1.165) is 31.4 Å². The summed E-state index contributed by atoms with van der Waals surface area (Å²) in [4.78, 5) is 14.7. The Morgan fingerprint density at radius 3 is 2.84 bits per heavy atom. The number of carbonyl (C=O) groups is 1. The van der Waals surface area contributed by atoms with Crippen molar-refractivity contribution in [3.05, 3.63) is 23.0 Å². The van der Waals surface area contributed by atoms with Gasteiger partial charge in [-0.1, -0.05) is 6.08 Å². The summed E-state index contributed by atoms with van der Waals surface area (Å²) >= 11 is 0. The molecule has 1 spiro atoms. The van der Waals surface area contributed by atoms with Gasteiger partial charge in [0.1, 0.15) is 11.9 Å². The molecule has 2 aliphatic heterocycles. The van der Waals surface area contributed by atoms with Gasteiger partial charge in [-0.15, -0.1) is 0 Å². The molecule has 1 saturated heterocycles. The molecule has 136 valence electrons. The van der Waals surface area contributed by atoms with Crippen molar-refractivity contribution in [2.24, 2.45) is 11.3 Å². The molecule has 0 amide bonds. The van der Waals surface area contributed by atoms with Crippen LogP contribution in [0.2, 0.25) is 0 Å². The summed E-state index contributed by atoms with van der Waals surface area (Å²) in [7, 11) is 2.19. The highest BCUT2D eigenvalue weighted by Gasteiger charge is 2.70. The highest BCUT2D eigenvalue weighted by molar-refractivity contribution is 5.89. The molecule has 3 aliphatic carbocycles. The van der Waals surface area contributed by atoms with Gasteiger partial charge in [-0.2, -0.15) is 0 Å². The predicted octanol–water partition coefficient (Wildman–Crippen LogP) is 1.54. The van der Waals surface area contributed by atoms with E-state index in [1.54, 1.807) is 0 Å². The van der Waals surface area contributed by atoms with E-state index < -0.39 is 11.2 Å². The van der Waals surface area contributed by atoms with Crippen molar-refractivity contribution in [2.75, 3.05) is 13.6 Å². The number of rotatable bonds is 1. The number of carbonyl (C=O) groups excluding carboxylic acids is 1. The third-order valence-electron chi connectivity index (χ3n) is 7.84. The molecule has 0 aromatic rings. The highest BCUT2D eigenvalue weighted by Crippen LogP contribution is 2.68. The van der Waals surface area contributed by atoms with Crippen LogP contribution in [0.1, 0.15) is 46.0 Å². The van der Waals surface area contributed by atoms with Crippen LogP contribution in [0.3, 0.4) is 0 Å². The number of ether oxygens (including phenoxy) is 1. The van der Waals surface area contributed by atoms with E-state index in [0.29, 0.717) is 24.1 Å². The third kappa shape index (κ3) is 1.68. The molecule has 0 aromatic carbocycles. The van der Waals surface area contributed by atoms with Gasteiger partial charge in [0.05, 0.1) is 5.60 Å². The van der Waals surface area contributed by atoms with Crippen LogP contribution in [0.15, 0.2) is 23.0 Å². The van der Waals surface area contributed by atoms with E-state index in [4.69, 9.17) is 4.74 Å². The minimum Gasteiger partial charge on any atom is -0.487 e. The van der Waals surface area contributed by atoms with Crippen LogP contribution < -0.4 is 0 Å². The summed E-state index contributed by atoms with van der Waals surface area (Å²) in [5, 5.41) is 22.3. The molecular formula is C20H27NO4. The molecule has 2 bridgehead atoms. The van der Waals surface area contributed by atoms with Crippen molar-refractivity contribution in [3.8, 4) is 0 Å². The standard InChI is InChI=1S/C20H27NO4/c1-11(22)20(24)7-4-12-10-14-13-5-6-18(2,23)17-19(13,8-9-21(14)3)15(12)16(20)25-17/h4,13-14,17,23-24H,5-10H2,1-3H3/t13-,14+,17-,18-,19-,20?/m0/s1. The number of aliphatic hydroxyl groups is 2. The number of Topliss-reactive ketones (excluding diaryl/α,β-unsaturated/α-hetero) is 1. The van der Waals surface area contributed by atoms with E-state index in [2.05, 4.69) is 18.0 Å². The fraction of sp³-hybridized carbons (Fsp3) is 0.750. The Morgan fingerprint density at radius 1 is 1.36 bits per heavy atom. The van der Waals surface area contributed by atoms with Crippen molar-refractivity contribution < 1.29 is 19.7 Å². The Labute approximate surface area is 148 Å². The molecule has 0 radical (unpaired) electrons. The summed E-state index contributed by atoms with van der Waals surface area (Å²) in [5.74, 6) is 0.597. The summed E-state index contributed by atoms with van der Waals surface area (Å²) in [6, 6.07) is 0.453. The maximum absolute atomic E-state index is 12.3. The molecule has 2 saturated carbocycles. The predicted molar refractivity (Wildman–Crippen MR) is 91.7 cm³/mol. The summed E-state index contributed by atoms with van der Waals surface area (Å²) < 4.78 is 6.35. The van der Waals surface area contributed by atoms with Crippen LogP contribution in [0.25, 0.3) is 0 Å². The first-order valence-electron chi connectivity index (χ1n) is 9.49. The van der Waals surface area contributed by atoms with Gasteiger partial charge in [-0.05, 0) is 64.6 Å². The Bertz CT molecular complexity index is 738. The molecule has 1 unspecified atom stereocenters. The van der Waals surface area contributed by atoms with Crippen molar-refractivity contribution in [2.45, 2.75) is 69.3 Å². The number of hydrogen-bond acceptors (Lipinski definition) is 5. The fourth-order valence-corrected chi connectivity index (χ4v) is 6.56. The van der Waals surface area contributed by atoms with Crippen LogP contribution in [0, 0.1) is 11.3 Å². The number of hydrogen-bond donors (Lipinski definition) is 2. The second kappa shape index (κ2) is 4.56. The number of likely N-dealkylation sites (tertiary alicyclic amines) is 1. The molecule has 3 fully saturated rings. The average molecular weight is 345 g/mol. The summed E-state index contributed by atoms with van der Waals surface area (Å²) in [6.45, 7) is 4.25. The van der Waals surface area contributed by atoms with E-state index in [-0.39, 0.29) is 23.7 Å². The maximum atomic E-state index is 12.3. The molecular weight excluding hydrogens is 318 g/mol. The number of nitrogens with zero attached hydrogens (tertiary/aromatic N) is 1. The topological polar surface area (TPSA) is 70.0 Å². The Morgan fingerprint density at radius 2 is 2.12 bits per heavy atom. The van der Waals surface area contributed by atoms with E-state index in [1.807, 2.05) is 6.92 Å². The second-order valence-electron chi connectivity index (χ2n) is 9.10. The minimum atomic E-state index is -1.57. The quantitative estimate of drug-likeness (QED) is 0.754. The summed E-state index contributed by atoms with van der Waals surface area (Å²) in [5.41, 5.74) is -0.469. The molecule has 2 N–H and O–H groups in total. The van der Waals surface area contributed by atoms with Gasteiger partial charge in [-0.25, -0.2) is 0 Å². The first-order chi connectivity index (χ1) is 11.7. The third-order valence-corrected chi connectivity index (χ3v) is 7.84. The van der Waals surface area contributed by atoms with Crippen LogP contribution in [-0.2, 0) is 9.53 Å². The number of piperidine rings is 1. The fourth-order valence-electron chi connectivity index (χ4n) is 6.56. The molecule has 5 heteroatoms. The molecule has 2 heterocycles. The zero-order valence-corrected chi connectivity index (χ0v) is 15.2. The average Bonchev–Trinajstić information content (AvgIpc) is 2.91. The minimum absolute atomic E-state index is 0.262. The first kappa shape index (κ1) is 16.0. The smallest absolute Gasteiger partial charge is 0.183 e. The Hall–Kier alpha value is -1.17. The normalized spacial score (nSPS) is 50.9. The molecule has 25 heavy (non-hydrogen) atoms. The highest BCUT2D eigenvalue weighted by atomic mass is 16.5. The Balaban J connectivity index is 1.77. The van der Waals surface area contributed by atoms with Crippen molar-refractivity contribution in [1.82, 2.24) is 4.90 Å². The van der Waals surface area contributed by atoms with Gasteiger partial charge in [0.15, 0.2) is 11.4 Å². The lowest BCUT2D eigenvalue weighted by atomic mass is 9.47. The lowest BCUT2D eigenvalue weighted by molar-refractivity contribution is -0.188. The van der Waals surface area contributed by atoms with Gasteiger partial charge in [0.2, 0.25) is 0 Å². The lowest BCUT2D eigenvalue weighted by Crippen LogP contribution is -2.66. The number of ketones is 1. The van der Waals surface area contributed by atoms with Gasteiger partial charge in [0.25, 0.3) is 0 Å². The molecule has 0 aromatic heterocycles. The van der Waals surface area contributed by atoms with E-state index >= 15 is 0 Å². The lowest BCUT2D eigenvalue weighted by Gasteiger charge is -2.61. The monoisotopic (exact) mass is 345 g/mol. The maximum Gasteiger partial charge on any atom is 0.183 e. The zero-order chi connectivity index (χ0) is 17.8. The van der Waals surface area contributed by atoms with Gasteiger partial charge in [-0.3, -0.25) is 4.79 Å². The van der Waals surface area contributed by atoms with Crippen molar-refractivity contribution >= 4 is 5.78 Å². The van der Waals surface area contributed by atoms with Crippen LogP contribution in [0.4, 0.5) is 0 Å².